The third-order valence-corrected chi connectivity index (χ3v) is 5.16. The summed E-state index contributed by atoms with van der Waals surface area (Å²) in [6.07, 6.45) is 2.99. The summed E-state index contributed by atoms with van der Waals surface area (Å²) in [6, 6.07) is 12.6. The van der Waals surface area contributed by atoms with Crippen LogP contribution in [-0.2, 0) is 0 Å². The Labute approximate surface area is 167 Å². The molecule has 148 valence electrons. The van der Waals surface area contributed by atoms with E-state index >= 15 is 0 Å². The monoisotopic (exact) mass is 392 g/mol. The van der Waals surface area contributed by atoms with Gasteiger partial charge in [-0.1, -0.05) is 18.2 Å². The maximum absolute atomic E-state index is 12.8. The van der Waals surface area contributed by atoms with Crippen LogP contribution >= 0.6 is 0 Å². The Kier molecular flexibility index (Phi) is 4.94. The lowest BCUT2D eigenvalue weighted by atomic mass is 10.1. The summed E-state index contributed by atoms with van der Waals surface area (Å²) in [6.45, 7) is 4.01. The van der Waals surface area contributed by atoms with E-state index in [0.717, 1.165) is 5.56 Å². The van der Waals surface area contributed by atoms with Gasteiger partial charge in [0.05, 0.1) is 10.6 Å². The molecule has 0 bridgehead atoms. The maximum Gasteiger partial charge on any atom is 0.294 e. The number of benzene rings is 2. The van der Waals surface area contributed by atoms with Gasteiger partial charge in [0.25, 0.3) is 11.6 Å². The second-order valence-electron chi connectivity index (χ2n) is 6.89. The highest BCUT2D eigenvalue weighted by Gasteiger charge is 2.27. The fourth-order valence-electron chi connectivity index (χ4n) is 3.55. The molecule has 3 aromatic rings. The van der Waals surface area contributed by atoms with Gasteiger partial charge in [-0.2, -0.15) is 0 Å². The van der Waals surface area contributed by atoms with Crippen molar-refractivity contribution in [2.24, 2.45) is 0 Å². The smallest absolute Gasteiger partial charge is 0.294 e. The molecule has 0 radical (unpaired) electrons. The van der Waals surface area contributed by atoms with E-state index < -0.39 is 0 Å². The zero-order valence-electron chi connectivity index (χ0n) is 15.9. The lowest BCUT2D eigenvalue weighted by Gasteiger charge is -2.36. The number of rotatable bonds is 4. The molecule has 2 heterocycles. The first kappa shape index (κ1) is 18.6. The van der Waals surface area contributed by atoms with E-state index in [4.69, 9.17) is 0 Å². The molecule has 1 fully saturated rings. The lowest BCUT2D eigenvalue weighted by Crippen LogP contribution is -2.49. The van der Waals surface area contributed by atoms with Crippen molar-refractivity contribution in [2.75, 3.05) is 31.1 Å². The van der Waals surface area contributed by atoms with E-state index in [1.54, 1.807) is 21.6 Å². The zero-order valence-corrected chi connectivity index (χ0v) is 15.9. The number of nitrogens with zero attached hydrogens (tertiary/aromatic N) is 6. The standard InChI is InChI=1S/C20H20N6O3/c1-15-4-2-3-5-17(15)20(27)24-10-8-23(9-11-24)18-7-6-16(12-19(18)26(28)29)25-13-21-22-14-25/h2-7,12-14H,8-11H2,1H3. The number of anilines is 1. The summed E-state index contributed by atoms with van der Waals surface area (Å²) < 4.78 is 1.62. The number of amides is 1. The second-order valence-corrected chi connectivity index (χ2v) is 6.89. The van der Waals surface area contributed by atoms with E-state index in [-0.39, 0.29) is 16.5 Å². The Bertz CT molecular complexity index is 1040. The van der Waals surface area contributed by atoms with Gasteiger partial charge < -0.3 is 9.80 Å². The lowest BCUT2D eigenvalue weighted by molar-refractivity contribution is -0.384. The predicted octanol–water partition coefficient (Wildman–Crippen LogP) is 2.45. The Morgan fingerprint density at radius 3 is 2.38 bits per heavy atom. The molecule has 1 aliphatic heterocycles. The van der Waals surface area contributed by atoms with Crippen LogP contribution in [0.1, 0.15) is 15.9 Å². The van der Waals surface area contributed by atoms with E-state index in [1.807, 2.05) is 36.1 Å². The minimum Gasteiger partial charge on any atom is -0.362 e. The van der Waals surface area contributed by atoms with E-state index in [0.29, 0.717) is 43.1 Å². The minimum atomic E-state index is -0.381. The van der Waals surface area contributed by atoms with Gasteiger partial charge in [-0.25, -0.2) is 0 Å². The van der Waals surface area contributed by atoms with Crippen LogP contribution in [0.25, 0.3) is 5.69 Å². The molecule has 9 nitrogen and oxygen atoms in total. The number of carbonyl (C=O) groups excluding carboxylic acids is 1. The van der Waals surface area contributed by atoms with E-state index in [9.17, 15) is 14.9 Å². The van der Waals surface area contributed by atoms with Crippen molar-refractivity contribution in [1.82, 2.24) is 19.7 Å². The molecule has 0 saturated carbocycles. The average Bonchev–Trinajstić information content (AvgIpc) is 3.28. The first-order valence-electron chi connectivity index (χ1n) is 9.28. The third-order valence-electron chi connectivity index (χ3n) is 5.16. The fraction of sp³-hybridized carbons (Fsp3) is 0.250. The highest BCUT2D eigenvalue weighted by molar-refractivity contribution is 5.95. The second kappa shape index (κ2) is 7.70. The van der Waals surface area contributed by atoms with Crippen molar-refractivity contribution in [1.29, 1.82) is 0 Å². The normalized spacial score (nSPS) is 14.1. The van der Waals surface area contributed by atoms with Crippen molar-refractivity contribution >= 4 is 17.3 Å². The summed E-state index contributed by atoms with van der Waals surface area (Å²) in [5.41, 5.74) is 2.84. The molecule has 9 heteroatoms. The van der Waals surface area contributed by atoms with Gasteiger partial charge in [0.1, 0.15) is 18.3 Å². The van der Waals surface area contributed by atoms with Crippen LogP contribution in [-0.4, -0.2) is 56.7 Å². The summed E-state index contributed by atoms with van der Waals surface area (Å²) in [7, 11) is 0. The minimum absolute atomic E-state index is 0.000190. The molecule has 4 rings (SSSR count). The predicted molar refractivity (Wildman–Crippen MR) is 107 cm³/mol. The Balaban J connectivity index is 1.52. The number of aromatic nitrogens is 3. The van der Waals surface area contributed by atoms with Crippen LogP contribution < -0.4 is 4.90 Å². The molecule has 0 unspecified atom stereocenters. The van der Waals surface area contributed by atoms with E-state index in [2.05, 4.69) is 10.2 Å². The highest BCUT2D eigenvalue weighted by atomic mass is 16.6. The number of hydrogen-bond acceptors (Lipinski definition) is 6. The van der Waals surface area contributed by atoms with Gasteiger partial charge in [0, 0.05) is 37.8 Å². The molecular weight excluding hydrogens is 372 g/mol. The molecule has 0 spiro atoms. The molecule has 0 aliphatic carbocycles. The van der Waals surface area contributed by atoms with Crippen molar-refractivity contribution in [2.45, 2.75) is 6.92 Å². The van der Waals surface area contributed by atoms with Crippen LogP contribution in [0.5, 0.6) is 0 Å². The van der Waals surface area contributed by atoms with Crippen LogP contribution in [0.3, 0.4) is 0 Å². The highest BCUT2D eigenvalue weighted by Crippen LogP contribution is 2.31. The molecule has 0 N–H and O–H groups in total. The molecule has 2 aromatic carbocycles. The number of nitro benzene ring substituents is 1. The number of hydrogen-bond donors (Lipinski definition) is 0. The van der Waals surface area contributed by atoms with Crippen LogP contribution in [0.2, 0.25) is 0 Å². The van der Waals surface area contributed by atoms with Crippen LogP contribution in [0.15, 0.2) is 55.1 Å². The summed E-state index contributed by atoms with van der Waals surface area (Å²) in [4.78, 5) is 27.8. The fourth-order valence-corrected chi connectivity index (χ4v) is 3.55. The van der Waals surface area contributed by atoms with Gasteiger partial charge in [0.2, 0.25) is 0 Å². The molecular formula is C20H20N6O3. The Morgan fingerprint density at radius 2 is 1.72 bits per heavy atom. The summed E-state index contributed by atoms with van der Waals surface area (Å²) >= 11 is 0. The van der Waals surface area contributed by atoms with Crippen molar-refractivity contribution < 1.29 is 9.72 Å². The topological polar surface area (TPSA) is 97.4 Å². The number of nitro groups is 1. The third kappa shape index (κ3) is 3.66. The van der Waals surface area contributed by atoms with Gasteiger partial charge in [0.15, 0.2) is 0 Å². The molecule has 1 amide bonds. The van der Waals surface area contributed by atoms with Gasteiger partial charge in [-0.3, -0.25) is 19.5 Å². The van der Waals surface area contributed by atoms with Crippen molar-refractivity contribution in [3.63, 3.8) is 0 Å². The number of carbonyl (C=O) groups is 1. The van der Waals surface area contributed by atoms with Crippen LogP contribution in [0, 0.1) is 17.0 Å². The number of aryl methyl sites for hydroxylation is 1. The quantitative estimate of drug-likeness (QED) is 0.500. The molecule has 1 aromatic heterocycles. The molecule has 29 heavy (non-hydrogen) atoms. The van der Waals surface area contributed by atoms with Crippen molar-refractivity contribution in [3.05, 3.63) is 76.4 Å². The maximum atomic E-state index is 12.8. The largest absolute Gasteiger partial charge is 0.362 e. The number of piperazine rings is 1. The van der Waals surface area contributed by atoms with E-state index in [1.165, 1.54) is 18.7 Å². The summed E-state index contributed by atoms with van der Waals surface area (Å²) in [5.74, 6) is 0.000190. The Hall–Kier alpha value is -3.75. The molecule has 0 atom stereocenters. The van der Waals surface area contributed by atoms with Gasteiger partial charge in [-0.05, 0) is 30.7 Å². The van der Waals surface area contributed by atoms with Crippen LogP contribution in [0.4, 0.5) is 11.4 Å². The van der Waals surface area contributed by atoms with Gasteiger partial charge >= 0.3 is 0 Å². The Morgan fingerprint density at radius 1 is 1.03 bits per heavy atom. The average molecular weight is 392 g/mol. The summed E-state index contributed by atoms with van der Waals surface area (Å²) in [5, 5.41) is 19.1. The van der Waals surface area contributed by atoms with Gasteiger partial charge in [-0.15, -0.1) is 10.2 Å². The molecule has 1 saturated heterocycles. The first-order chi connectivity index (χ1) is 14.0. The first-order valence-corrected chi connectivity index (χ1v) is 9.28. The van der Waals surface area contributed by atoms with Crippen molar-refractivity contribution in [3.8, 4) is 5.69 Å². The molecule has 1 aliphatic rings. The SMILES string of the molecule is Cc1ccccc1C(=O)N1CCN(c2ccc(-n3cnnc3)cc2[N+](=O)[O-])CC1. The zero-order chi connectivity index (χ0) is 20.4.